The number of rotatable bonds is 3. The van der Waals surface area contributed by atoms with Crippen molar-refractivity contribution in [3.05, 3.63) is 11.1 Å². The molecule has 0 aromatic rings. The first-order chi connectivity index (χ1) is 20.3. The number of likely N-dealkylation sites (tertiary alicyclic amines) is 2. The number of nitrogens with one attached hydrogen (secondary N) is 1. The number of fused-ring (bicyclic) bond motifs is 10. The summed E-state index contributed by atoms with van der Waals surface area (Å²) in [5.74, 6) is -9.75. The molecule has 0 aromatic carbocycles. The van der Waals surface area contributed by atoms with E-state index in [2.05, 4.69) is 5.32 Å². The number of hydrogen-bond acceptors (Lipinski definition) is 8. The van der Waals surface area contributed by atoms with Crippen LogP contribution in [0.15, 0.2) is 11.1 Å². The van der Waals surface area contributed by atoms with Crippen LogP contribution in [-0.4, -0.2) is 83.1 Å². The topological polar surface area (TPSA) is 158 Å². The molecule has 4 aliphatic heterocycles. The molecule has 12 nitrogen and oxygen atoms in total. The van der Waals surface area contributed by atoms with E-state index in [9.17, 15) is 38.4 Å². The summed E-state index contributed by atoms with van der Waals surface area (Å²) in [6.45, 7) is 3.65. The van der Waals surface area contributed by atoms with Gasteiger partial charge in [-0.3, -0.25) is 58.4 Å². The summed E-state index contributed by atoms with van der Waals surface area (Å²) in [5.41, 5.74) is 0.617. The average Bonchev–Trinajstić information content (AvgIpc) is 3.83. The van der Waals surface area contributed by atoms with Gasteiger partial charge in [0.15, 0.2) is 0 Å². The van der Waals surface area contributed by atoms with Crippen molar-refractivity contribution in [2.45, 2.75) is 26.7 Å². The van der Waals surface area contributed by atoms with Crippen molar-refractivity contribution in [2.24, 2.45) is 82.9 Å². The molecule has 4 saturated carbocycles. The van der Waals surface area contributed by atoms with E-state index in [-0.39, 0.29) is 47.0 Å². The van der Waals surface area contributed by atoms with Crippen molar-refractivity contribution in [2.75, 3.05) is 21.1 Å². The predicted octanol–water partition coefficient (Wildman–Crippen LogP) is -0.564. The van der Waals surface area contributed by atoms with Gasteiger partial charge in [-0.2, -0.15) is 0 Å². The maximum atomic E-state index is 14.1. The molecule has 7 fully saturated rings. The van der Waals surface area contributed by atoms with Crippen LogP contribution in [0.3, 0.4) is 0 Å². The monoisotopic (exact) mass is 590 g/mol. The third-order valence-electron chi connectivity index (χ3n) is 13.2. The normalized spacial score (nSPS) is 48.3. The van der Waals surface area contributed by atoms with Crippen LogP contribution in [0.1, 0.15) is 26.7 Å². The smallest absolute Gasteiger partial charge is 0.257 e. The Labute approximate surface area is 247 Å². The van der Waals surface area contributed by atoms with Gasteiger partial charge in [-0.1, -0.05) is 13.8 Å². The first kappa shape index (κ1) is 26.9. The van der Waals surface area contributed by atoms with E-state index in [0.717, 1.165) is 9.80 Å². The molecule has 4 bridgehead atoms. The van der Waals surface area contributed by atoms with Crippen molar-refractivity contribution < 1.29 is 38.4 Å². The molecule has 4 aliphatic carbocycles. The zero-order chi connectivity index (χ0) is 30.7. The maximum absolute atomic E-state index is 14.1. The van der Waals surface area contributed by atoms with Crippen LogP contribution in [0, 0.1) is 82.9 Å². The zero-order valence-corrected chi connectivity index (χ0v) is 24.6. The van der Waals surface area contributed by atoms with Crippen molar-refractivity contribution in [3.8, 4) is 0 Å². The fraction of sp³-hybridized carbons (Fsp3) is 0.677. The molecule has 43 heavy (non-hydrogen) atoms. The third-order valence-corrected chi connectivity index (χ3v) is 13.2. The second-order valence-corrected chi connectivity index (χ2v) is 14.4. The maximum Gasteiger partial charge on any atom is 0.257 e. The lowest BCUT2D eigenvalue weighted by molar-refractivity contribution is -0.140. The summed E-state index contributed by atoms with van der Waals surface area (Å²) in [6.07, 6.45) is 1.05. The minimum atomic E-state index is -0.811. The highest BCUT2D eigenvalue weighted by molar-refractivity contribution is 6.20. The fourth-order valence-electron chi connectivity index (χ4n) is 11.5. The Balaban J connectivity index is 1.30. The minimum Gasteiger partial charge on any atom is -0.296 e. The Hall–Kier alpha value is -3.70. The standard InChI is InChI=1S/C31H34N4O8/c1-8-10-6-11(19-18(10)26(38)33(3)27(19)39)14(8)22-23(31(43)35(5)30(22)42)17-13-7-12(20-21(13)29(41)34(4)28(20)40)16(17)15-9(2)24(36)32-25(15)37/h8-21H,6-7H2,1-5H3,(H,32,36,37). The van der Waals surface area contributed by atoms with Gasteiger partial charge in [0.1, 0.15) is 0 Å². The van der Waals surface area contributed by atoms with Gasteiger partial charge in [-0.25, -0.2) is 0 Å². The van der Waals surface area contributed by atoms with E-state index in [1.807, 2.05) is 6.92 Å². The summed E-state index contributed by atoms with van der Waals surface area (Å²) < 4.78 is 0. The number of amides is 8. The number of nitrogens with zero attached hydrogens (tertiary/aromatic N) is 3. The van der Waals surface area contributed by atoms with Gasteiger partial charge in [0, 0.05) is 38.2 Å². The lowest BCUT2D eigenvalue weighted by atomic mass is 9.59. The first-order valence-corrected chi connectivity index (χ1v) is 15.3. The Morgan fingerprint density at radius 1 is 0.512 bits per heavy atom. The second-order valence-electron chi connectivity index (χ2n) is 14.4. The molecule has 4 heterocycles. The van der Waals surface area contributed by atoms with Crippen LogP contribution in [0.25, 0.3) is 0 Å². The summed E-state index contributed by atoms with van der Waals surface area (Å²) in [5, 5.41) is 2.42. The van der Waals surface area contributed by atoms with Crippen LogP contribution < -0.4 is 5.32 Å². The van der Waals surface area contributed by atoms with Crippen LogP contribution in [0.5, 0.6) is 0 Å². The highest BCUT2D eigenvalue weighted by Crippen LogP contribution is 2.68. The SMILES string of the molecule is CC1C(=O)NC(=O)C1C1C2CC(C3C(=O)N(C)C(=O)C23)C1C1=C(C2C(C)C3CC2C2C(=O)N(C)C(=O)C32)C(=O)N(C)C1=O. The van der Waals surface area contributed by atoms with Gasteiger partial charge in [0.25, 0.3) is 11.8 Å². The number of carbonyl (C=O) groups is 8. The van der Waals surface area contributed by atoms with Gasteiger partial charge in [0.2, 0.25) is 35.4 Å². The van der Waals surface area contributed by atoms with Crippen molar-refractivity contribution in [3.63, 3.8) is 0 Å². The first-order valence-electron chi connectivity index (χ1n) is 15.3. The molecule has 1 N–H and O–H groups in total. The molecule has 12 heteroatoms. The van der Waals surface area contributed by atoms with Crippen LogP contribution in [0.2, 0.25) is 0 Å². The van der Waals surface area contributed by atoms with E-state index in [1.165, 1.54) is 26.0 Å². The summed E-state index contributed by atoms with van der Waals surface area (Å²) in [7, 11) is 4.37. The van der Waals surface area contributed by atoms with Crippen LogP contribution in [-0.2, 0) is 38.4 Å². The number of imide groups is 4. The van der Waals surface area contributed by atoms with E-state index in [0.29, 0.717) is 18.4 Å². The molecule has 226 valence electrons. The van der Waals surface area contributed by atoms with Crippen molar-refractivity contribution in [1.29, 1.82) is 0 Å². The van der Waals surface area contributed by atoms with E-state index >= 15 is 0 Å². The van der Waals surface area contributed by atoms with Gasteiger partial charge >= 0.3 is 0 Å². The predicted molar refractivity (Wildman–Crippen MR) is 143 cm³/mol. The second kappa shape index (κ2) is 8.26. The molecule has 8 aliphatic rings. The molecule has 0 spiro atoms. The molecule has 14 atom stereocenters. The lowest BCUT2D eigenvalue weighted by Gasteiger charge is -2.41. The molecule has 0 radical (unpaired) electrons. The van der Waals surface area contributed by atoms with Gasteiger partial charge in [0.05, 0.1) is 29.6 Å². The molecular weight excluding hydrogens is 556 g/mol. The van der Waals surface area contributed by atoms with Crippen molar-refractivity contribution in [1.82, 2.24) is 20.0 Å². The van der Waals surface area contributed by atoms with E-state index < -0.39 is 88.7 Å². The van der Waals surface area contributed by atoms with Gasteiger partial charge in [-0.05, 0) is 60.2 Å². The Morgan fingerprint density at radius 2 is 0.953 bits per heavy atom. The Bertz CT molecular complexity index is 1550. The third kappa shape index (κ3) is 2.88. The Morgan fingerprint density at radius 3 is 1.47 bits per heavy atom. The number of hydrogen-bond donors (Lipinski definition) is 1. The molecular formula is C31H34N4O8. The van der Waals surface area contributed by atoms with E-state index in [4.69, 9.17) is 0 Å². The quantitative estimate of drug-likeness (QED) is 0.429. The fourth-order valence-corrected chi connectivity index (χ4v) is 11.5. The lowest BCUT2D eigenvalue weighted by Crippen LogP contribution is -2.45. The summed E-state index contributed by atoms with van der Waals surface area (Å²) in [4.78, 5) is 110. The highest BCUT2D eigenvalue weighted by atomic mass is 16.2. The average molecular weight is 591 g/mol. The van der Waals surface area contributed by atoms with Gasteiger partial charge in [-0.15, -0.1) is 0 Å². The molecule has 8 rings (SSSR count). The van der Waals surface area contributed by atoms with Gasteiger partial charge < -0.3 is 0 Å². The van der Waals surface area contributed by atoms with Crippen LogP contribution >= 0.6 is 0 Å². The summed E-state index contributed by atoms with van der Waals surface area (Å²) >= 11 is 0. The largest absolute Gasteiger partial charge is 0.296 e. The molecule has 0 aromatic heterocycles. The molecule has 3 saturated heterocycles. The Kier molecular flexibility index (Phi) is 5.17. The zero-order valence-electron chi connectivity index (χ0n) is 24.6. The number of carbonyl (C=O) groups excluding carboxylic acids is 8. The minimum absolute atomic E-state index is 0.106. The number of likely N-dealkylation sites (N-methyl/N-ethyl adjacent to an activating group) is 1. The highest BCUT2D eigenvalue weighted by Gasteiger charge is 2.72. The molecule has 14 unspecified atom stereocenters. The molecule has 8 amide bonds. The summed E-state index contributed by atoms with van der Waals surface area (Å²) in [6, 6.07) is 0. The van der Waals surface area contributed by atoms with Crippen LogP contribution in [0.4, 0.5) is 0 Å². The van der Waals surface area contributed by atoms with Crippen molar-refractivity contribution >= 4 is 47.3 Å². The van der Waals surface area contributed by atoms with E-state index in [1.54, 1.807) is 6.92 Å².